The molecule has 0 aromatic heterocycles. The van der Waals surface area contributed by atoms with Crippen molar-refractivity contribution in [2.75, 3.05) is 13.1 Å². The van der Waals surface area contributed by atoms with Crippen molar-refractivity contribution in [3.63, 3.8) is 0 Å². The van der Waals surface area contributed by atoms with Crippen LogP contribution in [0.15, 0.2) is 12.3 Å². The lowest BCUT2D eigenvalue weighted by Crippen LogP contribution is -2.50. The predicted octanol–water partition coefficient (Wildman–Crippen LogP) is 1.59. The maximum absolute atomic E-state index is 4.17. The third kappa shape index (κ3) is 1.73. The van der Waals surface area contributed by atoms with Crippen molar-refractivity contribution >= 4 is 0 Å². The van der Waals surface area contributed by atoms with E-state index in [0.717, 1.165) is 12.1 Å². The molecule has 2 saturated heterocycles. The molecule has 2 fully saturated rings. The number of nitrogens with zero attached hydrogens (tertiary/aromatic N) is 1. The molecular weight excluding hydrogens is 160 g/mol. The van der Waals surface area contributed by atoms with Crippen molar-refractivity contribution in [1.29, 1.82) is 0 Å². The van der Waals surface area contributed by atoms with E-state index in [2.05, 4.69) is 30.6 Å². The number of likely N-dealkylation sites (tertiary alicyclic amines) is 1. The highest BCUT2D eigenvalue weighted by Crippen LogP contribution is 2.24. The molecule has 2 bridgehead atoms. The van der Waals surface area contributed by atoms with Crippen LogP contribution in [0, 0.1) is 5.92 Å². The summed E-state index contributed by atoms with van der Waals surface area (Å²) in [7, 11) is 0. The quantitative estimate of drug-likeness (QED) is 0.694. The van der Waals surface area contributed by atoms with Gasteiger partial charge in [0.15, 0.2) is 0 Å². The Morgan fingerprint density at radius 3 is 2.31 bits per heavy atom. The summed E-state index contributed by atoms with van der Waals surface area (Å²) in [5.41, 5.74) is 1.32. The van der Waals surface area contributed by atoms with E-state index in [-0.39, 0.29) is 0 Å². The van der Waals surface area contributed by atoms with Crippen LogP contribution in [0.4, 0.5) is 0 Å². The first kappa shape index (κ1) is 9.07. The Hall–Kier alpha value is -0.500. The molecule has 2 nitrogen and oxygen atoms in total. The summed E-state index contributed by atoms with van der Waals surface area (Å²) in [6.45, 7) is 11.0. The number of fused-ring (bicyclic) bond motifs is 2. The summed E-state index contributed by atoms with van der Waals surface area (Å²) in [6, 6.07) is 1.46. The minimum atomic E-state index is 0.595. The van der Waals surface area contributed by atoms with E-state index in [4.69, 9.17) is 0 Å². The van der Waals surface area contributed by atoms with Gasteiger partial charge in [0.2, 0.25) is 0 Å². The molecule has 0 amide bonds. The van der Waals surface area contributed by atoms with Gasteiger partial charge in [0.05, 0.1) is 0 Å². The highest BCUT2D eigenvalue weighted by Gasteiger charge is 2.32. The summed E-state index contributed by atoms with van der Waals surface area (Å²) in [4.78, 5) is 2.48. The summed E-state index contributed by atoms with van der Waals surface area (Å²) in [5.74, 6) is 0.595. The minimum Gasteiger partial charge on any atom is -0.372 e. The second kappa shape index (κ2) is 3.33. The molecule has 74 valence electrons. The van der Waals surface area contributed by atoms with Gasteiger partial charge in [-0.25, -0.2) is 0 Å². The van der Waals surface area contributed by atoms with Crippen LogP contribution in [0.2, 0.25) is 0 Å². The third-order valence-electron chi connectivity index (χ3n) is 3.29. The Balaban J connectivity index is 1.98. The molecule has 13 heavy (non-hydrogen) atoms. The Labute approximate surface area is 81.0 Å². The van der Waals surface area contributed by atoms with Crippen LogP contribution in [-0.4, -0.2) is 30.1 Å². The summed E-state index contributed by atoms with van der Waals surface area (Å²) in [5, 5.41) is 3.63. The van der Waals surface area contributed by atoms with Gasteiger partial charge in [-0.1, -0.05) is 20.4 Å². The van der Waals surface area contributed by atoms with Crippen LogP contribution in [0.1, 0.15) is 26.7 Å². The Morgan fingerprint density at radius 2 is 1.85 bits per heavy atom. The Bertz CT molecular complexity index is 198. The van der Waals surface area contributed by atoms with Crippen LogP contribution in [0.25, 0.3) is 0 Å². The number of nitrogens with one attached hydrogen (secondary N) is 1. The molecule has 2 atom stereocenters. The fraction of sp³-hybridized carbons (Fsp3) is 0.818. The van der Waals surface area contributed by atoms with Crippen molar-refractivity contribution in [3.05, 3.63) is 12.3 Å². The Kier molecular flexibility index (Phi) is 2.33. The van der Waals surface area contributed by atoms with E-state index < -0.39 is 0 Å². The average molecular weight is 180 g/mol. The maximum atomic E-state index is 4.17. The molecule has 2 aliphatic rings. The zero-order chi connectivity index (χ0) is 9.42. The first-order chi connectivity index (χ1) is 6.16. The zero-order valence-electron chi connectivity index (χ0n) is 8.71. The van der Waals surface area contributed by atoms with Crippen molar-refractivity contribution in [1.82, 2.24) is 10.2 Å². The molecule has 2 heteroatoms. The first-order valence-corrected chi connectivity index (χ1v) is 5.36. The van der Waals surface area contributed by atoms with Crippen LogP contribution in [0.3, 0.4) is 0 Å². The topological polar surface area (TPSA) is 15.3 Å². The normalized spacial score (nSPS) is 32.7. The predicted molar refractivity (Wildman–Crippen MR) is 55.5 cm³/mol. The van der Waals surface area contributed by atoms with Crippen molar-refractivity contribution in [2.24, 2.45) is 5.92 Å². The molecular formula is C11H20N2. The van der Waals surface area contributed by atoms with Gasteiger partial charge in [-0.15, -0.1) is 0 Å². The van der Waals surface area contributed by atoms with Crippen LogP contribution < -0.4 is 5.32 Å². The van der Waals surface area contributed by atoms with E-state index in [9.17, 15) is 0 Å². The molecule has 0 spiro atoms. The fourth-order valence-electron chi connectivity index (χ4n) is 2.40. The van der Waals surface area contributed by atoms with E-state index >= 15 is 0 Å². The van der Waals surface area contributed by atoms with Crippen LogP contribution >= 0.6 is 0 Å². The minimum absolute atomic E-state index is 0.595. The lowest BCUT2D eigenvalue weighted by molar-refractivity contribution is 0.227. The van der Waals surface area contributed by atoms with Crippen molar-refractivity contribution in [2.45, 2.75) is 38.8 Å². The summed E-state index contributed by atoms with van der Waals surface area (Å²) in [6.07, 6.45) is 2.71. The molecule has 0 radical (unpaired) electrons. The van der Waals surface area contributed by atoms with E-state index in [1.807, 2.05) is 0 Å². The summed E-state index contributed by atoms with van der Waals surface area (Å²) < 4.78 is 0. The van der Waals surface area contributed by atoms with Gasteiger partial charge in [0.1, 0.15) is 0 Å². The van der Waals surface area contributed by atoms with Crippen molar-refractivity contribution in [3.8, 4) is 0 Å². The molecule has 2 aliphatic heterocycles. The van der Waals surface area contributed by atoms with Gasteiger partial charge in [-0.3, -0.25) is 0 Å². The third-order valence-corrected chi connectivity index (χ3v) is 3.29. The van der Waals surface area contributed by atoms with Gasteiger partial charge < -0.3 is 10.2 Å². The van der Waals surface area contributed by atoms with Gasteiger partial charge >= 0.3 is 0 Å². The lowest BCUT2D eigenvalue weighted by Gasteiger charge is -2.37. The average Bonchev–Trinajstić information content (AvgIpc) is 2.44. The standard InChI is InChI=1S/C11H20N2/c1-8(2)9(3)13-6-10-4-5-11(7-13)12-10/h8,10-12H,3-7H2,1-2H3. The fourth-order valence-corrected chi connectivity index (χ4v) is 2.40. The monoisotopic (exact) mass is 180 g/mol. The van der Waals surface area contributed by atoms with Gasteiger partial charge in [-0.2, -0.15) is 0 Å². The van der Waals surface area contributed by atoms with Gasteiger partial charge in [0.25, 0.3) is 0 Å². The highest BCUT2D eigenvalue weighted by molar-refractivity contribution is 5.04. The van der Waals surface area contributed by atoms with Crippen LogP contribution in [-0.2, 0) is 0 Å². The molecule has 0 aromatic rings. The second-order valence-electron chi connectivity index (χ2n) is 4.69. The molecule has 2 rings (SSSR count). The second-order valence-corrected chi connectivity index (χ2v) is 4.69. The maximum Gasteiger partial charge on any atom is 0.0329 e. The zero-order valence-corrected chi connectivity index (χ0v) is 8.71. The van der Waals surface area contributed by atoms with E-state index in [1.54, 1.807) is 0 Å². The van der Waals surface area contributed by atoms with Crippen molar-refractivity contribution < 1.29 is 0 Å². The smallest absolute Gasteiger partial charge is 0.0329 e. The molecule has 2 unspecified atom stereocenters. The largest absolute Gasteiger partial charge is 0.372 e. The van der Waals surface area contributed by atoms with Gasteiger partial charge in [-0.05, 0) is 18.8 Å². The SMILES string of the molecule is C=C(C(C)C)N1CC2CCC(C1)N2. The molecule has 2 heterocycles. The number of piperazine rings is 1. The molecule has 0 saturated carbocycles. The molecule has 0 aromatic carbocycles. The number of rotatable bonds is 2. The number of hydrogen-bond donors (Lipinski definition) is 1. The molecule has 1 N–H and O–H groups in total. The van der Waals surface area contributed by atoms with E-state index in [1.165, 1.54) is 31.6 Å². The summed E-state index contributed by atoms with van der Waals surface area (Å²) >= 11 is 0. The number of hydrogen-bond acceptors (Lipinski definition) is 2. The highest BCUT2D eigenvalue weighted by atomic mass is 15.2. The Morgan fingerprint density at radius 1 is 1.31 bits per heavy atom. The van der Waals surface area contributed by atoms with Gasteiger partial charge in [0, 0.05) is 30.9 Å². The number of allylic oxidation sites excluding steroid dienone is 1. The first-order valence-electron chi connectivity index (χ1n) is 5.36. The lowest BCUT2D eigenvalue weighted by atomic mass is 10.1. The van der Waals surface area contributed by atoms with Crippen LogP contribution in [0.5, 0.6) is 0 Å². The van der Waals surface area contributed by atoms with E-state index in [0.29, 0.717) is 5.92 Å². The molecule has 0 aliphatic carbocycles.